The van der Waals surface area contributed by atoms with Crippen molar-refractivity contribution in [1.29, 1.82) is 0 Å². The van der Waals surface area contributed by atoms with Crippen LogP contribution < -0.4 is 9.44 Å². The summed E-state index contributed by atoms with van der Waals surface area (Å²) in [5.74, 6) is 2.17. The van der Waals surface area contributed by atoms with Crippen LogP contribution in [0.4, 0.5) is 0 Å². The maximum atomic E-state index is 10.8. The van der Waals surface area contributed by atoms with Crippen LogP contribution >= 0.6 is 0 Å². The number of hydrogen-bond donors (Lipinski definition) is 2. The predicted octanol–water partition coefficient (Wildman–Crippen LogP) is -0.546. The van der Waals surface area contributed by atoms with Crippen molar-refractivity contribution in [3.63, 3.8) is 0 Å². The van der Waals surface area contributed by atoms with Crippen LogP contribution in [0.1, 0.15) is 13.3 Å². The van der Waals surface area contributed by atoms with E-state index in [1.807, 2.05) is 6.92 Å². The van der Waals surface area contributed by atoms with Gasteiger partial charge < -0.3 is 0 Å². The first-order valence-corrected chi connectivity index (χ1v) is 4.78. The van der Waals surface area contributed by atoms with Gasteiger partial charge in [0, 0.05) is 6.54 Å². The lowest BCUT2D eigenvalue weighted by molar-refractivity contribution is 0.570. The third-order valence-electron chi connectivity index (χ3n) is 0.906. The van der Waals surface area contributed by atoms with E-state index in [0.29, 0.717) is 6.54 Å². The molecule has 11 heavy (non-hydrogen) atoms. The second-order valence-electron chi connectivity index (χ2n) is 1.92. The van der Waals surface area contributed by atoms with Gasteiger partial charge >= 0.3 is 0 Å². The van der Waals surface area contributed by atoms with Gasteiger partial charge in [-0.3, -0.25) is 0 Å². The first-order valence-electron chi connectivity index (χ1n) is 3.30. The number of nitrogens with one attached hydrogen (secondary N) is 2. The Morgan fingerprint density at radius 3 is 2.55 bits per heavy atom. The van der Waals surface area contributed by atoms with E-state index in [-0.39, 0.29) is 6.54 Å². The molecule has 0 amide bonds. The zero-order valence-corrected chi connectivity index (χ0v) is 7.24. The van der Waals surface area contributed by atoms with Crippen LogP contribution in [0, 0.1) is 12.3 Å². The molecule has 0 aliphatic rings. The lowest BCUT2D eigenvalue weighted by atomic mass is 10.5. The second-order valence-corrected chi connectivity index (χ2v) is 3.51. The molecule has 64 valence electrons. The van der Waals surface area contributed by atoms with E-state index in [1.54, 1.807) is 0 Å². The van der Waals surface area contributed by atoms with Crippen LogP contribution in [0.25, 0.3) is 0 Å². The molecule has 0 bridgehead atoms. The molecule has 0 saturated heterocycles. The van der Waals surface area contributed by atoms with E-state index in [2.05, 4.69) is 15.4 Å². The lowest BCUT2D eigenvalue weighted by Crippen LogP contribution is -2.36. The maximum absolute atomic E-state index is 10.8. The molecule has 0 radical (unpaired) electrons. The highest BCUT2D eigenvalue weighted by Crippen LogP contribution is 1.77. The Morgan fingerprint density at radius 1 is 1.45 bits per heavy atom. The smallest absolute Gasteiger partial charge is 0.202 e. The Morgan fingerprint density at radius 2 is 2.09 bits per heavy atom. The van der Waals surface area contributed by atoms with Crippen LogP contribution in [0.5, 0.6) is 0 Å². The lowest BCUT2D eigenvalue weighted by Gasteiger charge is -2.03. The van der Waals surface area contributed by atoms with Crippen LogP contribution in [-0.2, 0) is 10.2 Å². The van der Waals surface area contributed by atoms with E-state index in [4.69, 9.17) is 6.42 Å². The zero-order valence-electron chi connectivity index (χ0n) is 6.42. The van der Waals surface area contributed by atoms with E-state index < -0.39 is 10.2 Å². The highest BCUT2D eigenvalue weighted by Gasteiger charge is 2.04. The third-order valence-corrected chi connectivity index (χ3v) is 2.01. The summed E-state index contributed by atoms with van der Waals surface area (Å²) in [5, 5.41) is 0. The van der Waals surface area contributed by atoms with Crippen LogP contribution in [0.2, 0.25) is 0 Å². The van der Waals surface area contributed by atoms with Crippen molar-refractivity contribution in [2.45, 2.75) is 13.3 Å². The normalized spacial score (nSPS) is 10.9. The Bertz CT molecular complexity index is 227. The molecule has 0 rings (SSSR count). The standard InChI is InChI=1S/C6H12N2O2S/c1-3-5-7-11(9,10)8-6-4-2/h1,7-8H,4-6H2,2H3. The molecule has 0 atom stereocenters. The monoisotopic (exact) mass is 176 g/mol. The van der Waals surface area contributed by atoms with Gasteiger partial charge in [0.1, 0.15) is 0 Å². The minimum Gasteiger partial charge on any atom is -0.202 e. The number of hydrogen-bond acceptors (Lipinski definition) is 2. The zero-order chi connectivity index (χ0) is 8.74. The molecule has 0 aromatic rings. The van der Waals surface area contributed by atoms with Gasteiger partial charge in [-0.25, -0.2) is 4.72 Å². The van der Waals surface area contributed by atoms with Crippen molar-refractivity contribution in [1.82, 2.24) is 9.44 Å². The van der Waals surface area contributed by atoms with Crippen molar-refractivity contribution in [3.8, 4) is 12.3 Å². The average Bonchev–Trinajstić information content (AvgIpc) is 1.97. The van der Waals surface area contributed by atoms with Gasteiger partial charge in [0.2, 0.25) is 0 Å². The largest absolute Gasteiger partial charge is 0.277 e. The van der Waals surface area contributed by atoms with Crippen LogP contribution in [0.15, 0.2) is 0 Å². The first-order chi connectivity index (χ1) is 5.12. The number of rotatable bonds is 5. The van der Waals surface area contributed by atoms with Crippen molar-refractivity contribution >= 4 is 10.2 Å². The van der Waals surface area contributed by atoms with E-state index in [0.717, 1.165) is 6.42 Å². The van der Waals surface area contributed by atoms with Gasteiger partial charge in [-0.15, -0.1) is 6.42 Å². The van der Waals surface area contributed by atoms with E-state index >= 15 is 0 Å². The topological polar surface area (TPSA) is 58.2 Å². The Hall–Kier alpha value is -0.570. The Kier molecular flexibility index (Phi) is 4.86. The molecule has 0 heterocycles. The minimum atomic E-state index is -3.35. The summed E-state index contributed by atoms with van der Waals surface area (Å²) in [5.41, 5.74) is 0. The van der Waals surface area contributed by atoms with Gasteiger partial charge in [-0.05, 0) is 6.42 Å². The first kappa shape index (κ1) is 10.4. The summed E-state index contributed by atoms with van der Waals surface area (Å²) in [6, 6.07) is 0. The molecule has 5 heteroatoms. The molecule has 0 aliphatic carbocycles. The number of terminal acetylenes is 1. The van der Waals surface area contributed by atoms with E-state index in [1.165, 1.54) is 0 Å². The molecule has 0 saturated carbocycles. The molecule has 0 aromatic carbocycles. The molecule has 0 fully saturated rings. The van der Waals surface area contributed by atoms with Crippen LogP contribution in [-0.4, -0.2) is 21.5 Å². The highest BCUT2D eigenvalue weighted by atomic mass is 32.2. The Balaban J connectivity index is 3.74. The average molecular weight is 176 g/mol. The summed E-state index contributed by atoms with van der Waals surface area (Å²) in [7, 11) is -3.35. The van der Waals surface area contributed by atoms with Gasteiger partial charge in [-0.2, -0.15) is 13.1 Å². The summed E-state index contributed by atoms with van der Waals surface area (Å²) >= 11 is 0. The SMILES string of the molecule is C#CCNS(=O)(=O)NCCC. The van der Waals surface area contributed by atoms with Gasteiger partial charge in [0.05, 0.1) is 6.54 Å². The van der Waals surface area contributed by atoms with E-state index in [9.17, 15) is 8.42 Å². The predicted molar refractivity (Wildman–Crippen MR) is 44.0 cm³/mol. The van der Waals surface area contributed by atoms with Crippen LogP contribution in [0.3, 0.4) is 0 Å². The molecule has 0 spiro atoms. The van der Waals surface area contributed by atoms with Gasteiger partial charge in [0.25, 0.3) is 10.2 Å². The fourth-order valence-corrected chi connectivity index (χ4v) is 1.27. The van der Waals surface area contributed by atoms with Crippen molar-refractivity contribution in [3.05, 3.63) is 0 Å². The van der Waals surface area contributed by atoms with Gasteiger partial charge in [-0.1, -0.05) is 12.8 Å². The molecular formula is C6H12N2O2S. The highest BCUT2D eigenvalue weighted by molar-refractivity contribution is 7.87. The molecule has 2 N–H and O–H groups in total. The minimum absolute atomic E-state index is 0.0268. The second kappa shape index (κ2) is 5.13. The fraction of sp³-hybridized carbons (Fsp3) is 0.667. The van der Waals surface area contributed by atoms with Crippen molar-refractivity contribution < 1.29 is 8.42 Å². The fourth-order valence-electron chi connectivity index (χ4n) is 0.424. The molecular weight excluding hydrogens is 164 g/mol. The van der Waals surface area contributed by atoms with Crippen molar-refractivity contribution in [2.24, 2.45) is 0 Å². The third kappa shape index (κ3) is 5.85. The van der Waals surface area contributed by atoms with Crippen molar-refractivity contribution in [2.75, 3.05) is 13.1 Å². The summed E-state index contributed by atoms with van der Waals surface area (Å²) < 4.78 is 26.1. The maximum Gasteiger partial charge on any atom is 0.277 e. The quantitative estimate of drug-likeness (QED) is 0.552. The summed E-state index contributed by atoms with van der Waals surface area (Å²) in [4.78, 5) is 0. The molecule has 0 unspecified atom stereocenters. The molecule has 0 aliphatic heterocycles. The Labute approximate surface area is 67.6 Å². The summed E-state index contributed by atoms with van der Waals surface area (Å²) in [6.45, 7) is 2.34. The summed E-state index contributed by atoms with van der Waals surface area (Å²) in [6.07, 6.45) is 5.62. The molecule has 4 nitrogen and oxygen atoms in total. The van der Waals surface area contributed by atoms with Gasteiger partial charge in [0.15, 0.2) is 0 Å². The molecule has 0 aromatic heterocycles.